The third-order valence-electron chi connectivity index (χ3n) is 4.96. The van der Waals surface area contributed by atoms with Gasteiger partial charge in [0.1, 0.15) is 11.9 Å². The number of halogens is 1. The first-order chi connectivity index (χ1) is 14.7. The minimum Gasteiger partial charge on any atom is -0.493 e. The monoisotopic (exact) mass is 539 g/mol. The van der Waals surface area contributed by atoms with E-state index < -0.39 is 0 Å². The quantitative estimate of drug-likeness (QED) is 0.287. The minimum absolute atomic E-state index is 0. The molecular formula is C23H34IN5O2. The first-order valence-corrected chi connectivity index (χ1v) is 10.7. The van der Waals surface area contributed by atoms with Gasteiger partial charge < -0.3 is 25.0 Å². The number of nitrogens with one attached hydrogen (secondary N) is 2. The maximum atomic E-state index is 6.00. The lowest BCUT2D eigenvalue weighted by Gasteiger charge is -2.19. The van der Waals surface area contributed by atoms with Crippen molar-refractivity contribution in [1.82, 2.24) is 15.6 Å². The molecule has 8 heteroatoms. The van der Waals surface area contributed by atoms with E-state index in [4.69, 9.17) is 9.47 Å². The molecule has 0 aliphatic carbocycles. The molecule has 1 aromatic carbocycles. The van der Waals surface area contributed by atoms with Crippen LogP contribution < -0.4 is 25.0 Å². The average molecular weight is 539 g/mol. The molecule has 2 heterocycles. The van der Waals surface area contributed by atoms with Gasteiger partial charge in [-0.1, -0.05) is 18.2 Å². The van der Waals surface area contributed by atoms with Gasteiger partial charge >= 0.3 is 0 Å². The van der Waals surface area contributed by atoms with Crippen LogP contribution >= 0.6 is 24.0 Å². The van der Waals surface area contributed by atoms with Gasteiger partial charge in [0.05, 0.1) is 20.2 Å². The SMILES string of the molecule is CCNC(=NCc1ccc(N2CCCC2)nc1)NCC(C)Oc1ccccc1OC.I. The summed E-state index contributed by atoms with van der Waals surface area (Å²) >= 11 is 0. The van der Waals surface area contributed by atoms with Crippen molar-refractivity contribution in [3.05, 3.63) is 48.2 Å². The molecule has 2 N–H and O–H groups in total. The van der Waals surface area contributed by atoms with Crippen LogP contribution in [0.2, 0.25) is 0 Å². The summed E-state index contributed by atoms with van der Waals surface area (Å²) in [5, 5.41) is 6.63. The number of benzene rings is 1. The normalized spacial score (nSPS) is 14.5. The molecule has 2 aromatic rings. The highest BCUT2D eigenvalue weighted by Crippen LogP contribution is 2.26. The summed E-state index contributed by atoms with van der Waals surface area (Å²) in [7, 11) is 1.65. The molecule has 0 bridgehead atoms. The molecule has 1 aliphatic heterocycles. The lowest BCUT2D eigenvalue weighted by molar-refractivity contribution is 0.213. The van der Waals surface area contributed by atoms with E-state index in [2.05, 4.69) is 44.6 Å². The Kier molecular flexibility index (Phi) is 10.7. The molecule has 1 saturated heterocycles. The highest BCUT2D eigenvalue weighted by atomic mass is 127. The molecule has 0 amide bonds. The van der Waals surface area contributed by atoms with E-state index in [1.165, 1.54) is 12.8 Å². The van der Waals surface area contributed by atoms with Crippen LogP contribution in [0.1, 0.15) is 32.3 Å². The number of pyridine rings is 1. The summed E-state index contributed by atoms with van der Waals surface area (Å²) in [5.41, 5.74) is 1.09. The zero-order valence-electron chi connectivity index (χ0n) is 18.6. The number of aromatic nitrogens is 1. The van der Waals surface area contributed by atoms with E-state index in [9.17, 15) is 0 Å². The van der Waals surface area contributed by atoms with E-state index >= 15 is 0 Å². The summed E-state index contributed by atoms with van der Waals surface area (Å²) < 4.78 is 11.4. The minimum atomic E-state index is -0.0495. The molecule has 7 nitrogen and oxygen atoms in total. The predicted molar refractivity (Wildman–Crippen MR) is 137 cm³/mol. The number of para-hydroxylation sites is 2. The van der Waals surface area contributed by atoms with Crippen molar-refractivity contribution in [2.75, 3.05) is 38.2 Å². The zero-order valence-corrected chi connectivity index (χ0v) is 21.0. The van der Waals surface area contributed by atoms with Crippen LogP contribution in [0.25, 0.3) is 0 Å². The largest absolute Gasteiger partial charge is 0.493 e. The van der Waals surface area contributed by atoms with Crippen LogP contribution in [0.4, 0.5) is 5.82 Å². The topological polar surface area (TPSA) is 71.0 Å². The lowest BCUT2D eigenvalue weighted by atomic mass is 10.3. The van der Waals surface area contributed by atoms with Crippen LogP contribution in [0.5, 0.6) is 11.5 Å². The third-order valence-corrected chi connectivity index (χ3v) is 4.96. The molecule has 0 spiro atoms. The van der Waals surface area contributed by atoms with Gasteiger partial charge in [0.2, 0.25) is 0 Å². The second kappa shape index (κ2) is 13.2. The number of nitrogens with zero attached hydrogens (tertiary/aromatic N) is 3. The highest BCUT2D eigenvalue weighted by molar-refractivity contribution is 14.0. The van der Waals surface area contributed by atoms with Crippen LogP contribution in [-0.4, -0.2) is 50.3 Å². The number of anilines is 1. The number of ether oxygens (including phenoxy) is 2. The van der Waals surface area contributed by atoms with Crippen molar-refractivity contribution < 1.29 is 9.47 Å². The van der Waals surface area contributed by atoms with Gasteiger partial charge in [0.25, 0.3) is 0 Å². The number of hydrogen-bond acceptors (Lipinski definition) is 5. The van der Waals surface area contributed by atoms with E-state index in [1.807, 2.05) is 37.4 Å². The second-order valence-corrected chi connectivity index (χ2v) is 7.37. The molecule has 1 fully saturated rings. The Morgan fingerprint density at radius 1 is 1.13 bits per heavy atom. The van der Waals surface area contributed by atoms with E-state index in [0.29, 0.717) is 13.1 Å². The standard InChI is InChI=1S/C23H33N5O2.HI/c1-4-24-23(26-15-18(2)30-21-10-6-5-9-20(21)29-3)27-17-19-11-12-22(25-16-19)28-13-7-8-14-28;/h5-6,9-12,16,18H,4,7-8,13-15,17H2,1-3H3,(H2,24,26,27);1H. The molecule has 1 aliphatic rings. The van der Waals surface area contributed by atoms with Crippen LogP contribution in [0, 0.1) is 0 Å². The Hall–Kier alpha value is -2.23. The number of rotatable bonds is 9. The number of methoxy groups -OCH3 is 1. The first-order valence-electron chi connectivity index (χ1n) is 10.7. The Morgan fingerprint density at radius 2 is 1.87 bits per heavy atom. The van der Waals surface area contributed by atoms with Crippen molar-refractivity contribution in [2.45, 2.75) is 39.3 Å². The van der Waals surface area contributed by atoms with Gasteiger partial charge in [0, 0.05) is 25.8 Å². The Bertz CT molecular complexity index is 810. The molecule has 0 radical (unpaired) electrons. The van der Waals surface area contributed by atoms with Crippen molar-refractivity contribution in [2.24, 2.45) is 4.99 Å². The molecule has 0 saturated carbocycles. The Balaban J connectivity index is 0.00000341. The van der Waals surface area contributed by atoms with Gasteiger partial charge in [-0.25, -0.2) is 9.98 Å². The van der Waals surface area contributed by atoms with Crippen molar-refractivity contribution in [3.63, 3.8) is 0 Å². The van der Waals surface area contributed by atoms with E-state index in [1.54, 1.807) is 7.11 Å². The fourth-order valence-electron chi connectivity index (χ4n) is 3.37. The maximum absolute atomic E-state index is 6.00. The molecule has 3 rings (SSSR count). The third kappa shape index (κ3) is 7.75. The summed E-state index contributed by atoms with van der Waals surface area (Å²) in [6.45, 7) is 8.27. The number of hydrogen-bond donors (Lipinski definition) is 2. The Labute approximate surface area is 202 Å². The summed E-state index contributed by atoms with van der Waals surface area (Å²) in [6, 6.07) is 11.9. The van der Waals surface area contributed by atoms with Crippen LogP contribution in [0.15, 0.2) is 47.6 Å². The number of aliphatic imine (C=N–C) groups is 1. The summed E-state index contributed by atoms with van der Waals surface area (Å²) in [5.74, 6) is 3.29. The molecule has 1 aromatic heterocycles. The van der Waals surface area contributed by atoms with E-state index in [0.717, 1.165) is 48.5 Å². The maximum Gasteiger partial charge on any atom is 0.191 e. The van der Waals surface area contributed by atoms with E-state index in [-0.39, 0.29) is 30.1 Å². The van der Waals surface area contributed by atoms with Gasteiger partial charge in [-0.3, -0.25) is 0 Å². The van der Waals surface area contributed by atoms with Gasteiger partial charge in [-0.2, -0.15) is 0 Å². The fourth-order valence-corrected chi connectivity index (χ4v) is 3.37. The van der Waals surface area contributed by atoms with Crippen molar-refractivity contribution in [3.8, 4) is 11.5 Å². The van der Waals surface area contributed by atoms with Crippen molar-refractivity contribution >= 4 is 35.8 Å². The zero-order chi connectivity index (χ0) is 21.2. The molecule has 1 atom stereocenters. The second-order valence-electron chi connectivity index (χ2n) is 7.37. The van der Waals surface area contributed by atoms with Crippen molar-refractivity contribution in [1.29, 1.82) is 0 Å². The Morgan fingerprint density at radius 3 is 2.52 bits per heavy atom. The first kappa shape index (κ1) is 25.0. The van der Waals surface area contributed by atoms with Gasteiger partial charge in [0.15, 0.2) is 17.5 Å². The smallest absolute Gasteiger partial charge is 0.191 e. The van der Waals surface area contributed by atoms with Crippen LogP contribution in [0.3, 0.4) is 0 Å². The van der Waals surface area contributed by atoms with Gasteiger partial charge in [-0.05, 0) is 50.5 Å². The average Bonchev–Trinajstić information content (AvgIpc) is 3.31. The molecular weight excluding hydrogens is 505 g/mol. The van der Waals surface area contributed by atoms with Crippen LogP contribution in [-0.2, 0) is 6.54 Å². The predicted octanol–water partition coefficient (Wildman–Crippen LogP) is 3.83. The fraction of sp³-hybridized carbons (Fsp3) is 0.478. The number of guanidine groups is 1. The molecule has 170 valence electrons. The summed E-state index contributed by atoms with van der Waals surface area (Å²) in [4.78, 5) is 11.6. The highest BCUT2D eigenvalue weighted by Gasteiger charge is 2.13. The molecule has 31 heavy (non-hydrogen) atoms. The summed E-state index contributed by atoms with van der Waals surface area (Å²) in [6.07, 6.45) is 4.38. The lowest BCUT2D eigenvalue weighted by Crippen LogP contribution is -2.41. The molecule has 1 unspecified atom stereocenters. The van der Waals surface area contributed by atoms with Gasteiger partial charge in [-0.15, -0.1) is 24.0 Å².